The van der Waals surface area contributed by atoms with E-state index in [1.54, 1.807) is 12.1 Å². The molecule has 1 atom stereocenters. The van der Waals surface area contributed by atoms with Gasteiger partial charge in [0.2, 0.25) is 0 Å². The highest BCUT2D eigenvalue weighted by Gasteiger charge is 2.08. The number of hydrogen-bond acceptors (Lipinski definition) is 2. The van der Waals surface area contributed by atoms with Crippen LogP contribution in [0.25, 0.3) is 0 Å². The molecule has 0 aliphatic rings. The van der Waals surface area contributed by atoms with E-state index in [0.717, 1.165) is 18.4 Å². The molecule has 0 saturated carbocycles. The minimum Gasteiger partial charge on any atom is -0.330 e. The van der Waals surface area contributed by atoms with Crippen molar-refractivity contribution in [2.45, 2.75) is 26.2 Å². The Kier molecular flexibility index (Phi) is 7.29. The van der Waals surface area contributed by atoms with Gasteiger partial charge >= 0.3 is 0 Å². The molecule has 1 aromatic rings. The van der Waals surface area contributed by atoms with Crippen molar-refractivity contribution in [1.82, 2.24) is 0 Å². The Balaban J connectivity index is 2.35. The van der Waals surface area contributed by atoms with Crippen LogP contribution in [-0.2, 0) is 6.42 Å². The summed E-state index contributed by atoms with van der Waals surface area (Å²) >= 11 is 1.97. The summed E-state index contributed by atoms with van der Waals surface area (Å²) in [5, 5.41) is 0. The average molecular weight is 255 g/mol. The van der Waals surface area contributed by atoms with Gasteiger partial charge in [0, 0.05) is 0 Å². The molecule has 1 aromatic carbocycles. The summed E-state index contributed by atoms with van der Waals surface area (Å²) in [6.45, 7) is 2.87. The molecule has 96 valence electrons. The predicted octanol–water partition coefficient (Wildman–Crippen LogP) is 3.48. The SMILES string of the molecule is CCSCCCC(CN)Cc1cccc(F)c1. The molecule has 0 bridgehead atoms. The summed E-state index contributed by atoms with van der Waals surface area (Å²) in [5.74, 6) is 2.71. The van der Waals surface area contributed by atoms with Crippen LogP contribution in [-0.4, -0.2) is 18.1 Å². The third kappa shape index (κ3) is 6.08. The second-order valence-electron chi connectivity index (χ2n) is 4.27. The van der Waals surface area contributed by atoms with Crippen molar-refractivity contribution in [3.8, 4) is 0 Å². The van der Waals surface area contributed by atoms with Crippen molar-refractivity contribution >= 4 is 11.8 Å². The van der Waals surface area contributed by atoms with E-state index in [4.69, 9.17) is 5.73 Å². The highest BCUT2D eigenvalue weighted by atomic mass is 32.2. The van der Waals surface area contributed by atoms with Crippen molar-refractivity contribution < 1.29 is 4.39 Å². The van der Waals surface area contributed by atoms with E-state index >= 15 is 0 Å². The minimum atomic E-state index is -0.153. The summed E-state index contributed by atoms with van der Waals surface area (Å²) in [6.07, 6.45) is 3.24. The summed E-state index contributed by atoms with van der Waals surface area (Å²) in [4.78, 5) is 0. The Hall–Kier alpha value is -0.540. The largest absolute Gasteiger partial charge is 0.330 e. The van der Waals surface area contributed by atoms with Gasteiger partial charge in [-0.15, -0.1) is 0 Å². The first kappa shape index (κ1) is 14.5. The number of thioether (sulfide) groups is 1. The summed E-state index contributed by atoms with van der Waals surface area (Å²) in [6, 6.07) is 6.85. The molecule has 1 rings (SSSR count). The number of halogens is 1. The van der Waals surface area contributed by atoms with Crippen LogP contribution in [0.4, 0.5) is 4.39 Å². The van der Waals surface area contributed by atoms with Gasteiger partial charge in [-0.05, 0) is 60.9 Å². The molecule has 1 unspecified atom stereocenters. The van der Waals surface area contributed by atoms with Crippen molar-refractivity contribution in [3.63, 3.8) is 0 Å². The fraction of sp³-hybridized carbons (Fsp3) is 0.571. The van der Waals surface area contributed by atoms with Gasteiger partial charge < -0.3 is 5.73 Å². The lowest BCUT2D eigenvalue weighted by Crippen LogP contribution is -2.17. The normalized spacial score (nSPS) is 12.6. The zero-order chi connectivity index (χ0) is 12.5. The highest BCUT2D eigenvalue weighted by molar-refractivity contribution is 7.99. The maximum Gasteiger partial charge on any atom is 0.123 e. The van der Waals surface area contributed by atoms with Gasteiger partial charge in [0.05, 0.1) is 0 Å². The van der Waals surface area contributed by atoms with E-state index < -0.39 is 0 Å². The summed E-state index contributed by atoms with van der Waals surface area (Å²) in [5.41, 5.74) is 6.83. The minimum absolute atomic E-state index is 0.153. The fourth-order valence-electron chi connectivity index (χ4n) is 1.92. The predicted molar refractivity (Wildman–Crippen MR) is 74.9 cm³/mol. The van der Waals surface area contributed by atoms with Crippen LogP contribution >= 0.6 is 11.8 Å². The number of nitrogens with two attached hydrogens (primary N) is 1. The molecule has 0 fully saturated rings. The quantitative estimate of drug-likeness (QED) is 0.720. The molecule has 0 aliphatic heterocycles. The van der Waals surface area contributed by atoms with Crippen molar-refractivity contribution in [2.75, 3.05) is 18.1 Å². The standard InChI is InChI=1S/C14H22FNS/c1-2-17-8-4-6-13(11-16)9-12-5-3-7-14(15)10-12/h3,5,7,10,13H,2,4,6,8-9,11,16H2,1H3. The summed E-state index contributed by atoms with van der Waals surface area (Å²) < 4.78 is 13.0. The van der Waals surface area contributed by atoms with Gasteiger partial charge in [-0.2, -0.15) is 11.8 Å². The van der Waals surface area contributed by atoms with E-state index in [2.05, 4.69) is 6.92 Å². The zero-order valence-corrected chi connectivity index (χ0v) is 11.3. The van der Waals surface area contributed by atoms with Gasteiger partial charge in [-0.3, -0.25) is 0 Å². The molecular formula is C14H22FNS. The molecule has 0 heterocycles. The molecule has 2 N–H and O–H groups in total. The van der Waals surface area contributed by atoms with Crippen molar-refractivity contribution in [1.29, 1.82) is 0 Å². The van der Waals surface area contributed by atoms with Crippen LogP contribution in [0.15, 0.2) is 24.3 Å². The molecule has 0 radical (unpaired) electrons. The van der Waals surface area contributed by atoms with Gasteiger partial charge in [0.1, 0.15) is 5.82 Å². The Labute approximate surface area is 108 Å². The van der Waals surface area contributed by atoms with E-state index in [1.807, 2.05) is 17.8 Å². The zero-order valence-electron chi connectivity index (χ0n) is 10.5. The van der Waals surface area contributed by atoms with Gasteiger partial charge in [-0.25, -0.2) is 4.39 Å². The first-order valence-corrected chi connectivity index (χ1v) is 7.44. The van der Waals surface area contributed by atoms with Crippen LogP contribution in [0.2, 0.25) is 0 Å². The molecule has 0 aliphatic carbocycles. The first-order valence-electron chi connectivity index (χ1n) is 6.28. The highest BCUT2D eigenvalue weighted by Crippen LogP contribution is 2.16. The van der Waals surface area contributed by atoms with Crippen molar-refractivity contribution in [2.24, 2.45) is 11.7 Å². The average Bonchev–Trinajstić information content (AvgIpc) is 2.33. The smallest absolute Gasteiger partial charge is 0.123 e. The Morgan fingerprint density at radius 3 is 2.88 bits per heavy atom. The van der Waals surface area contributed by atoms with Crippen LogP contribution < -0.4 is 5.73 Å². The molecule has 0 saturated heterocycles. The monoisotopic (exact) mass is 255 g/mol. The maximum absolute atomic E-state index is 13.0. The van der Waals surface area contributed by atoms with E-state index in [1.165, 1.54) is 24.0 Å². The molecule has 3 heteroatoms. The first-order chi connectivity index (χ1) is 8.26. The molecule has 17 heavy (non-hydrogen) atoms. The molecular weight excluding hydrogens is 233 g/mol. The molecule has 0 aromatic heterocycles. The molecule has 0 spiro atoms. The number of hydrogen-bond donors (Lipinski definition) is 1. The number of benzene rings is 1. The second-order valence-corrected chi connectivity index (χ2v) is 5.67. The lowest BCUT2D eigenvalue weighted by Gasteiger charge is -2.14. The van der Waals surface area contributed by atoms with Gasteiger partial charge in [0.25, 0.3) is 0 Å². The lowest BCUT2D eigenvalue weighted by atomic mass is 9.95. The molecule has 1 nitrogen and oxygen atoms in total. The van der Waals surface area contributed by atoms with E-state index in [0.29, 0.717) is 12.5 Å². The third-order valence-electron chi connectivity index (χ3n) is 2.85. The van der Waals surface area contributed by atoms with Crippen molar-refractivity contribution in [3.05, 3.63) is 35.6 Å². The van der Waals surface area contributed by atoms with E-state index in [-0.39, 0.29) is 5.82 Å². The van der Waals surface area contributed by atoms with Crippen LogP contribution in [0.3, 0.4) is 0 Å². The van der Waals surface area contributed by atoms with Crippen LogP contribution in [0.1, 0.15) is 25.3 Å². The Bertz CT molecular complexity index is 317. The summed E-state index contributed by atoms with van der Waals surface area (Å²) in [7, 11) is 0. The Morgan fingerprint density at radius 1 is 1.41 bits per heavy atom. The lowest BCUT2D eigenvalue weighted by molar-refractivity contribution is 0.488. The second kappa shape index (κ2) is 8.54. The van der Waals surface area contributed by atoms with E-state index in [9.17, 15) is 4.39 Å². The topological polar surface area (TPSA) is 26.0 Å². The van der Waals surface area contributed by atoms with Crippen LogP contribution in [0, 0.1) is 11.7 Å². The van der Waals surface area contributed by atoms with Gasteiger partial charge in [0.15, 0.2) is 0 Å². The Morgan fingerprint density at radius 2 is 2.24 bits per heavy atom. The maximum atomic E-state index is 13.0. The third-order valence-corrected chi connectivity index (χ3v) is 3.84. The van der Waals surface area contributed by atoms with Gasteiger partial charge in [-0.1, -0.05) is 19.1 Å². The van der Waals surface area contributed by atoms with Crippen LogP contribution in [0.5, 0.6) is 0 Å². The fourth-order valence-corrected chi connectivity index (χ4v) is 2.58. The molecule has 0 amide bonds. The number of rotatable bonds is 8.